The largest absolute Gasteiger partial charge is 0.479 e. The van der Waals surface area contributed by atoms with E-state index in [1.165, 1.54) is 4.90 Å². The lowest BCUT2D eigenvalue weighted by molar-refractivity contribution is -0.172. The van der Waals surface area contributed by atoms with Crippen LogP contribution < -0.4 is 0 Å². The molecule has 1 aromatic heterocycles. The Hall–Kier alpha value is -1.95. The zero-order chi connectivity index (χ0) is 14.0. The number of morpholine rings is 1. The van der Waals surface area contributed by atoms with Gasteiger partial charge in [0.15, 0.2) is 6.10 Å². The van der Waals surface area contributed by atoms with Gasteiger partial charge < -0.3 is 14.7 Å². The summed E-state index contributed by atoms with van der Waals surface area (Å²) in [5.41, 5.74) is 1.51. The Balaban J connectivity index is 2.40. The van der Waals surface area contributed by atoms with Crippen molar-refractivity contribution in [1.82, 2.24) is 9.88 Å². The first-order valence-corrected chi connectivity index (χ1v) is 6.11. The second kappa shape index (κ2) is 5.36. The molecule has 0 aliphatic carbocycles. The molecule has 2 rings (SSSR count). The molecule has 6 nitrogen and oxygen atoms in total. The Labute approximate surface area is 111 Å². The summed E-state index contributed by atoms with van der Waals surface area (Å²) in [4.78, 5) is 28.8. The number of aromatic nitrogens is 1. The van der Waals surface area contributed by atoms with Gasteiger partial charge in [0.25, 0.3) is 0 Å². The van der Waals surface area contributed by atoms with Crippen molar-refractivity contribution in [2.75, 3.05) is 13.2 Å². The number of pyridine rings is 1. The number of amides is 1. The van der Waals surface area contributed by atoms with Gasteiger partial charge in [0, 0.05) is 18.4 Å². The van der Waals surface area contributed by atoms with Crippen molar-refractivity contribution in [3.63, 3.8) is 0 Å². The number of aryl methyl sites for hydroxylation is 1. The van der Waals surface area contributed by atoms with Gasteiger partial charge in [-0.25, -0.2) is 4.79 Å². The van der Waals surface area contributed by atoms with Gasteiger partial charge in [-0.3, -0.25) is 9.78 Å². The minimum Gasteiger partial charge on any atom is -0.479 e. The molecule has 2 atom stereocenters. The predicted molar refractivity (Wildman–Crippen MR) is 66.5 cm³/mol. The van der Waals surface area contributed by atoms with E-state index in [0.717, 1.165) is 5.69 Å². The van der Waals surface area contributed by atoms with Crippen LogP contribution in [0, 0.1) is 6.92 Å². The van der Waals surface area contributed by atoms with Crippen LogP contribution in [0.4, 0.5) is 0 Å². The molecule has 1 aliphatic rings. The summed E-state index contributed by atoms with van der Waals surface area (Å²) in [7, 11) is 0. The number of rotatable bonds is 3. The first-order valence-electron chi connectivity index (χ1n) is 6.11. The SMILES string of the molecule is CCN1C(=O)COC(C(=O)O)C1c1ccc(C)nc1. The quantitative estimate of drug-likeness (QED) is 0.872. The van der Waals surface area contributed by atoms with Crippen LogP contribution in [0.15, 0.2) is 18.3 Å². The fraction of sp³-hybridized carbons (Fsp3) is 0.462. The van der Waals surface area contributed by atoms with Crippen LogP contribution >= 0.6 is 0 Å². The van der Waals surface area contributed by atoms with Crippen molar-refractivity contribution in [3.8, 4) is 0 Å². The Bertz CT molecular complexity index is 484. The van der Waals surface area contributed by atoms with E-state index in [4.69, 9.17) is 4.74 Å². The molecule has 1 saturated heterocycles. The molecule has 2 heterocycles. The number of likely N-dealkylation sites (N-methyl/N-ethyl adjacent to an activating group) is 1. The summed E-state index contributed by atoms with van der Waals surface area (Å²) < 4.78 is 5.16. The summed E-state index contributed by atoms with van der Waals surface area (Å²) in [6, 6.07) is 2.95. The van der Waals surface area contributed by atoms with Gasteiger partial charge in [0.05, 0.1) is 6.04 Å². The molecule has 102 valence electrons. The summed E-state index contributed by atoms with van der Waals surface area (Å²) in [6.45, 7) is 3.90. The van der Waals surface area contributed by atoms with Gasteiger partial charge in [-0.1, -0.05) is 6.07 Å². The topological polar surface area (TPSA) is 79.7 Å². The Morgan fingerprint density at radius 2 is 2.32 bits per heavy atom. The molecule has 0 spiro atoms. The normalized spacial score (nSPS) is 23.5. The number of aliphatic carboxylic acids is 1. The first-order chi connectivity index (χ1) is 9.04. The number of carboxylic acids is 1. The van der Waals surface area contributed by atoms with Gasteiger partial charge >= 0.3 is 5.97 Å². The Morgan fingerprint density at radius 3 is 2.84 bits per heavy atom. The highest BCUT2D eigenvalue weighted by Crippen LogP contribution is 2.29. The number of hydrogen-bond acceptors (Lipinski definition) is 4. The average molecular weight is 264 g/mol. The summed E-state index contributed by atoms with van der Waals surface area (Å²) >= 11 is 0. The molecule has 0 aromatic carbocycles. The third-order valence-electron chi connectivity index (χ3n) is 3.19. The summed E-state index contributed by atoms with van der Waals surface area (Å²) in [5, 5.41) is 9.24. The van der Waals surface area contributed by atoms with E-state index in [-0.39, 0.29) is 12.5 Å². The maximum absolute atomic E-state index is 11.8. The number of hydrogen-bond donors (Lipinski definition) is 1. The lowest BCUT2D eigenvalue weighted by Gasteiger charge is -2.38. The standard InChI is InChI=1S/C13H16N2O4/c1-3-15-10(16)7-19-12(13(17)18)11(15)9-5-4-8(2)14-6-9/h4-6,11-12H,3,7H2,1-2H3,(H,17,18). The van der Waals surface area contributed by atoms with Crippen LogP contribution in [0.3, 0.4) is 0 Å². The molecule has 1 aromatic rings. The van der Waals surface area contributed by atoms with Crippen molar-refractivity contribution >= 4 is 11.9 Å². The summed E-state index contributed by atoms with van der Waals surface area (Å²) in [5.74, 6) is -1.28. The lowest BCUT2D eigenvalue weighted by atomic mass is 9.99. The zero-order valence-corrected chi connectivity index (χ0v) is 10.9. The molecule has 0 bridgehead atoms. The minimum atomic E-state index is -1.07. The third kappa shape index (κ3) is 2.58. The number of carbonyl (C=O) groups is 2. The maximum atomic E-state index is 11.8. The van der Waals surface area contributed by atoms with E-state index in [0.29, 0.717) is 12.1 Å². The second-order valence-electron chi connectivity index (χ2n) is 4.43. The molecule has 1 fully saturated rings. The first kappa shape index (κ1) is 13.5. The van der Waals surface area contributed by atoms with E-state index in [1.54, 1.807) is 18.3 Å². The van der Waals surface area contributed by atoms with Crippen LogP contribution in [0.1, 0.15) is 24.2 Å². The van der Waals surface area contributed by atoms with Crippen LogP contribution in [-0.4, -0.2) is 46.1 Å². The van der Waals surface area contributed by atoms with E-state index >= 15 is 0 Å². The lowest BCUT2D eigenvalue weighted by Crippen LogP contribution is -2.51. The minimum absolute atomic E-state index is 0.194. The van der Waals surface area contributed by atoms with Crippen molar-refractivity contribution in [3.05, 3.63) is 29.6 Å². The molecule has 0 radical (unpaired) electrons. The highest BCUT2D eigenvalue weighted by Gasteiger charge is 2.41. The van der Waals surface area contributed by atoms with Crippen molar-refractivity contribution in [2.45, 2.75) is 26.0 Å². The number of carboxylic acid groups (broad SMARTS) is 1. The number of carbonyl (C=O) groups excluding carboxylic acids is 1. The van der Waals surface area contributed by atoms with E-state index in [2.05, 4.69) is 4.98 Å². The van der Waals surface area contributed by atoms with Gasteiger partial charge in [-0.2, -0.15) is 0 Å². The van der Waals surface area contributed by atoms with E-state index in [1.807, 2.05) is 13.8 Å². The van der Waals surface area contributed by atoms with Crippen LogP contribution in [0.2, 0.25) is 0 Å². The van der Waals surface area contributed by atoms with Crippen LogP contribution in [0.25, 0.3) is 0 Å². The van der Waals surface area contributed by atoms with E-state index in [9.17, 15) is 14.7 Å². The monoisotopic (exact) mass is 264 g/mol. The predicted octanol–water partition coefficient (Wildman–Crippen LogP) is 0.763. The zero-order valence-electron chi connectivity index (χ0n) is 10.9. The fourth-order valence-electron chi connectivity index (χ4n) is 2.24. The van der Waals surface area contributed by atoms with E-state index < -0.39 is 18.1 Å². The molecule has 19 heavy (non-hydrogen) atoms. The highest BCUT2D eigenvalue weighted by atomic mass is 16.5. The average Bonchev–Trinajstić information content (AvgIpc) is 2.39. The van der Waals surface area contributed by atoms with Gasteiger partial charge in [-0.15, -0.1) is 0 Å². The second-order valence-corrected chi connectivity index (χ2v) is 4.43. The highest BCUT2D eigenvalue weighted by molar-refractivity contribution is 5.82. The van der Waals surface area contributed by atoms with Crippen LogP contribution in [0.5, 0.6) is 0 Å². The molecular weight excluding hydrogens is 248 g/mol. The molecule has 1 aliphatic heterocycles. The number of ether oxygens (including phenoxy) is 1. The van der Waals surface area contributed by atoms with Gasteiger partial charge in [-0.05, 0) is 25.5 Å². The Morgan fingerprint density at radius 1 is 1.58 bits per heavy atom. The van der Waals surface area contributed by atoms with Gasteiger partial charge in [0.1, 0.15) is 6.61 Å². The molecule has 0 saturated carbocycles. The smallest absolute Gasteiger partial charge is 0.335 e. The number of nitrogens with zero attached hydrogens (tertiary/aromatic N) is 2. The molecule has 1 N–H and O–H groups in total. The summed E-state index contributed by atoms with van der Waals surface area (Å²) in [6.07, 6.45) is 0.544. The molecule has 6 heteroatoms. The maximum Gasteiger partial charge on any atom is 0.335 e. The third-order valence-corrected chi connectivity index (χ3v) is 3.19. The fourth-order valence-corrected chi connectivity index (χ4v) is 2.24. The van der Waals surface area contributed by atoms with Crippen molar-refractivity contribution in [1.29, 1.82) is 0 Å². The van der Waals surface area contributed by atoms with Gasteiger partial charge in [0.2, 0.25) is 5.91 Å². The molecular formula is C13H16N2O4. The Kier molecular flexibility index (Phi) is 3.80. The van der Waals surface area contributed by atoms with Crippen molar-refractivity contribution in [2.24, 2.45) is 0 Å². The van der Waals surface area contributed by atoms with Crippen molar-refractivity contribution < 1.29 is 19.4 Å². The molecule has 1 amide bonds. The molecule has 2 unspecified atom stereocenters. The van der Waals surface area contributed by atoms with Crippen LogP contribution in [-0.2, 0) is 14.3 Å².